The Morgan fingerprint density at radius 3 is 2.54 bits per heavy atom. The minimum absolute atomic E-state index is 0.286. The van der Waals surface area contributed by atoms with E-state index < -0.39 is 0 Å². The maximum atomic E-state index is 11.2. The number of halogens is 1. The molecule has 0 aromatic heterocycles. The molecular weight excluding hydrogens is 277 g/mol. The zero-order chi connectivity index (χ0) is 9.52. The zero-order valence-electron chi connectivity index (χ0n) is 8.02. The molecule has 0 saturated heterocycles. The number of nitrogens with one attached hydrogen (secondary N) is 1. The molecule has 0 unspecified atom stereocenters. The van der Waals surface area contributed by atoms with E-state index >= 15 is 0 Å². The van der Waals surface area contributed by atoms with Crippen LogP contribution in [0.4, 0.5) is 0 Å². The lowest BCUT2D eigenvalue weighted by atomic mass is 10.2. The summed E-state index contributed by atoms with van der Waals surface area (Å²) in [6.07, 6.45) is 7.25. The van der Waals surface area contributed by atoms with E-state index in [-0.39, 0.29) is 5.91 Å². The number of carbonyl (C=O) groups excluding carboxylic acids is 1. The molecule has 1 rings (SSSR count). The lowest BCUT2D eigenvalue weighted by molar-refractivity contribution is -0.122. The molecule has 0 atom stereocenters. The van der Waals surface area contributed by atoms with Gasteiger partial charge in [-0.25, -0.2) is 0 Å². The van der Waals surface area contributed by atoms with E-state index in [2.05, 4.69) is 27.9 Å². The van der Waals surface area contributed by atoms with Crippen LogP contribution in [0.15, 0.2) is 0 Å². The second-order valence-corrected chi connectivity index (χ2v) is 4.75. The van der Waals surface area contributed by atoms with Crippen molar-refractivity contribution in [3.63, 3.8) is 0 Å². The summed E-state index contributed by atoms with van der Waals surface area (Å²) >= 11 is 2.41. The van der Waals surface area contributed by atoms with Gasteiger partial charge in [0.05, 0.1) is 0 Å². The van der Waals surface area contributed by atoms with E-state index in [9.17, 15) is 4.79 Å². The highest BCUT2D eigenvalue weighted by Crippen LogP contribution is 2.28. The predicted molar refractivity (Wildman–Crippen MR) is 63.1 cm³/mol. The monoisotopic (exact) mass is 295 g/mol. The van der Waals surface area contributed by atoms with Crippen molar-refractivity contribution in [3.8, 4) is 0 Å². The maximum absolute atomic E-state index is 11.2. The summed E-state index contributed by atoms with van der Waals surface area (Å²) < 4.78 is 1.26. The molecule has 1 N–H and O–H groups in total. The van der Waals surface area contributed by atoms with Gasteiger partial charge >= 0.3 is 0 Å². The second kappa shape index (κ2) is 6.62. The molecule has 0 spiro atoms. The highest BCUT2D eigenvalue weighted by atomic mass is 127. The molecular formula is C10H18INO. The van der Waals surface area contributed by atoms with Crippen molar-refractivity contribution < 1.29 is 4.79 Å². The van der Waals surface area contributed by atoms with Crippen LogP contribution in [0.1, 0.15) is 38.5 Å². The van der Waals surface area contributed by atoms with Crippen molar-refractivity contribution in [2.75, 3.05) is 11.0 Å². The summed E-state index contributed by atoms with van der Waals surface area (Å²) in [6.45, 7) is 0.885. The first-order chi connectivity index (χ1) is 6.34. The van der Waals surface area contributed by atoms with E-state index in [1.807, 2.05) is 0 Å². The largest absolute Gasteiger partial charge is 0.356 e. The topological polar surface area (TPSA) is 29.1 Å². The molecule has 1 aliphatic rings. The predicted octanol–water partition coefficient (Wildman–Crippen LogP) is 2.51. The Morgan fingerprint density at radius 2 is 1.92 bits per heavy atom. The van der Waals surface area contributed by atoms with Crippen LogP contribution in [0.25, 0.3) is 0 Å². The Bertz CT molecular complexity index is 157. The molecule has 1 saturated carbocycles. The van der Waals surface area contributed by atoms with Crippen LogP contribution in [-0.4, -0.2) is 16.9 Å². The first kappa shape index (κ1) is 11.3. The van der Waals surface area contributed by atoms with Gasteiger partial charge < -0.3 is 5.32 Å². The summed E-state index contributed by atoms with van der Waals surface area (Å²) in [5.74, 6) is 0.656. The van der Waals surface area contributed by atoms with Crippen LogP contribution in [0, 0.1) is 5.92 Å². The van der Waals surface area contributed by atoms with Gasteiger partial charge in [0.15, 0.2) is 0 Å². The Balaban J connectivity index is 1.80. The molecule has 2 nitrogen and oxygen atoms in total. The molecule has 3 heteroatoms. The lowest BCUT2D eigenvalue weighted by Gasteiger charge is -2.03. The molecule has 76 valence electrons. The highest BCUT2D eigenvalue weighted by Gasteiger charge is 2.28. The van der Waals surface area contributed by atoms with Crippen molar-refractivity contribution in [3.05, 3.63) is 0 Å². The Kier molecular flexibility index (Phi) is 5.75. The van der Waals surface area contributed by atoms with Crippen LogP contribution in [0.5, 0.6) is 0 Å². The van der Waals surface area contributed by atoms with Crippen LogP contribution in [-0.2, 0) is 4.79 Å². The smallest absolute Gasteiger partial charge is 0.223 e. The molecule has 1 aliphatic carbocycles. The minimum atomic E-state index is 0.286. The number of hydrogen-bond donors (Lipinski definition) is 1. The normalized spacial score (nSPS) is 15.8. The lowest BCUT2D eigenvalue weighted by Crippen LogP contribution is -2.25. The van der Waals surface area contributed by atoms with E-state index in [1.165, 1.54) is 23.7 Å². The fraction of sp³-hybridized carbons (Fsp3) is 0.900. The Hall–Kier alpha value is 0.200. The number of alkyl halides is 1. The summed E-state index contributed by atoms with van der Waals surface area (Å²) in [5, 5.41) is 2.98. The van der Waals surface area contributed by atoms with E-state index in [1.54, 1.807) is 0 Å². The number of amides is 1. The minimum Gasteiger partial charge on any atom is -0.356 e. The molecule has 0 bridgehead atoms. The Labute approximate surface area is 94.0 Å². The Morgan fingerprint density at radius 1 is 1.23 bits per heavy atom. The molecule has 1 fully saturated rings. The number of hydrogen-bond acceptors (Lipinski definition) is 1. The third kappa shape index (κ3) is 5.49. The third-order valence-electron chi connectivity index (χ3n) is 2.31. The van der Waals surface area contributed by atoms with E-state index in [0.717, 1.165) is 25.8 Å². The highest BCUT2D eigenvalue weighted by molar-refractivity contribution is 14.1. The van der Waals surface area contributed by atoms with E-state index in [4.69, 9.17) is 0 Å². The quantitative estimate of drug-likeness (QED) is 0.436. The fourth-order valence-electron chi connectivity index (χ4n) is 1.27. The van der Waals surface area contributed by atoms with Crippen molar-refractivity contribution in [2.24, 2.45) is 5.92 Å². The number of carbonyl (C=O) groups is 1. The molecule has 0 aromatic rings. The molecule has 13 heavy (non-hydrogen) atoms. The van der Waals surface area contributed by atoms with Crippen molar-refractivity contribution >= 4 is 28.5 Å². The van der Waals surface area contributed by atoms with E-state index in [0.29, 0.717) is 5.92 Å². The maximum Gasteiger partial charge on any atom is 0.223 e. The molecule has 0 aliphatic heterocycles. The second-order valence-electron chi connectivity index (χ2n) is 3.67. The first-order valence-electron chi connectivity index (χ1n) is 5.18. The zero-order valence-corrected chi connectivity index (χ0v) is 10.2. The van der Waals surface area contributed by atoms with Gasteiger partial charge in [0.2, 0.25) is 5.91 Å². The third-order valence-corrected chi connectivity index (χ3v) is 3.07. The summed E-state index contributed by atoms with van der Waals surface area (Å²) in [7, 11) is 0. The van der Waals surface area contributed by atoms with Gasteiger partial charge in [-0.3, -0.25) is 4.79 Å². The average molecular weight is 295 g/mol. The van der Waals surface area contributed by atoms with Crippen LogP contribution in [0.2, 0.25) is 0 Å². The standard InChI is InChI=1S/C10H18INO/c11-7-3-1-2-4-8-12-10(13)9-5-6-9/h9H,1-8H2,(H,12,13). The van der Waals surface area contributed by atoms with Gasteiger partial charge in [0.1, 0.15) is 0 Å². The van der Waals surface area contributed by atoms with Gasteiger partial charge in [-0.1, -0.05) is 35.4 Å². The average Bonchev–Trinajstić information content (AvgIpc) is 2.93. The number of rotatable bonds is 7. The summed E-state index contributed by atoms with van der Waals surface area (Å²) in [4.78, 5) is 11.2. The van der Waals surface area contributed by atoms with Crippen LogP contribution in [0.3, 0.4) is 0 Å². The fourth-order valence-corrected chi connectivity index (χ4v) is 1.81. The number of unbranched alkanes of at least 4 members (excludes halogenated alkanes) is 3. The SMILES string of the molecule is O=C(NCCCCCCI)C1CC1. The van der Waals surface area contributed by atoms with Crippen molar-refractivity contribution in [1.82, 2.24) is 5.32 Å². The molecule has 0 aromatic carbocycles. The molecule has 0 radical (unpaired) electrons. The van der Waals surface area contributed by atoms with Gasteiger partial charge in [-0.05, 0) is 30.1 Å². The summed E-state index contributed by atoms with van der Waals surface area (Å²) in [5.41, 5.74) is 0. The van der Waals surface area contributed by atoms with Gasteiger partial charge in [-0.2, -0.15) is 0 Å². The first-order valence-corrected chi connectivity index (χ1v) is 6.71. The van der Waals surface area contributed by atoms with Crippen LogP contribution >= 0.6 is 22.6 Å². The van der Waals surface area contributed by atoms with Crippen molar-refractivity contribution in [2.45, 2.75) is 38.5 Å². The van der Waals surface area contributed by atoms with Gasteiger partial charge in [0, 0.05) is 12.5 Å². The van der Waals surface area contributed by atoms with Crippen LogP contribution < -0.4 is 5.32 Å². The van der Waals surface area contributed by atoms with Gasteiger partial charge in [0.25, 0.3) is 0 Å². The molecule has 0 heterocycles. The van der Waals surface area contributed by atoms with Crippen molar-refractivity contribution in [1.29, 1.82) is 0 Å². The molecule has 1 amide bonds. The van der Waals surface area contributed by atoms with Gasteiger partial charge in [-0.15, -0.1) is 0 Å². The summed E-state index contributed by atoms with van der Waals surface area (Å²) in [6, 6.07) is 0.